The zero-order chi connectivity index (χ0) is 16.2. The zero-order valence-corrected chi connectivity index (χ0v) is 13.7. The minimum Gasteiger partial charge on any atom is -0.480 e. The van der Waals surface area contributed by atoms with Gasteiger partial charge in [0.25, 0.3) is 0 Å². The van der Waals surface area contributed by atoms with E-state index < -0.39 is 5.97 Å². The van der Waals surface area contributed by atoms with Crippen molar-refractivity contribution in [2.45, 2.75) is 32.2 Å². The first-order valence-corrected chi connectivity index (χ1v) is 8.48. The number of anilines is 2. The Morgan fingerprint density at radius 2 is 2.35 bits per heavy atom. The summed E-state index contributed by atoms with van der Waals surface area (Å²) in [6.07, 6.45) is 4.76. The molecule has 2 N–H and O–H groups in total. The summed E-state index contributed by atoms with van der Waals surface area (Å²) in [5, 5.41) is 15.0. The Labute approximate surface area is 138 Å². The molecule has 0 bridgehead atoms. The van der Waals surface area contributed by atoms with Crippen LogP contribution >= 0.6 is 11.3 Å². The third kappa shape index (κ3) is 4.02. The summed E-state index contributed by atoms with van der Waals surface area (Å²) in [6.45, 7) is 2.68. The fraction of sp³-hybridized carbons (Fsp3) is 0.467. The van der Waals surface area contributed by atoms with E-state index in [0.29, 0.717) is 11.6 Å². The first kappa shape index (κ1) is 15.8. The van der Waals surface area contributed by atoms with Crippen molar-refractivity contribution in [3.63, 3.8) is 0 Å². The second-order valence-electron chi connectivity index (χ2n) is 5.56. The number of aromatic nitrogens is 3. The van der Waals surface area contributed by atoms with Gasteiger partial charge in [0.2, 0.25) is 0 Å². The van der Waals surface area contributed by atoms with Crippen molar-refractivity contribution < 1.29 is 9.90 Å². The van der Waals surface area contributed by atoms with Crippen LogP contribution in [0, 0.1) is 6.92 Å². The zero-order valence-electron chi connectivity index (χ0n) is 12.9. The van der Waals surface area contributed by atoms with E-state index in [4.69, 9.17) is 5.11 Å². The van der Waals surface area contributed by atoms with Gasteiger partial charge in [0.05, 0.1) is 18.3 Å². The molecule has 8 heteroatoms. The fourth-order valence-electron chi connectivity index (χ4n) is 2.91. The molecule has 1 aliphatic rings. The third-order valence-electron chi connectivity index (χ3n) is 3.82. The summed E-state index contributed by atoms with van der Waals surface area (Å²) in [4.78, 5) is 26.2. The third-order valence-corrected chi connectivity index (χ3v) is 4.51. The Kier molecular flexibility index (Phi) is 4.82. The number of aryl methyl sites for hydroxylation is 1. The predicted molar refractivity (Wildman–Crippen MR) is 88.0 cm³/mol. The van der Waals surface area contributed by atoms with Crippen molar-refractivity contribution >= 4 is 28.3 Å². The average molecular weight is 333 g/mol. The predicted octanol–water partition coefficient (Wildman–Crippen LogP) is 2.60. The van der Waals surface area contributed by atoms with Gasteiger partial charge in [0.15, 0.2) is 5.13 Å². The SMILES string of the molecule is Cc1nc(Nc2nccs2)cc([C@H]2CCCCN2CC(=O)O)n1. The highest BCUT2D eigenvalue weighted by atomic mass is 32.1. The average Bonchev–Trinajstić information content (AvgIpc) is 2.99. The molecule has 0 aliphatic carbocycles. The van der Waals surface area contributed by atoms with Crippen LogP contribution < -0.4 is 5.32 Å². The lowest BCUT2D eigenvalue weighted by Crippen LogP contribution is -2.37. The Bertz CT molecular complexity index is 677. The Morgan fingerprint density at radius 3 is 3.09 bits per heavy atom. The van der Waals surface area contributed by atoms with Gasteiger partial charge in [0, 0.05) is 17.6 Å². The summed E-state index contributed by atoms with van der Waals surface area (Å²) in [7, 11) is 0. The summed E-state index contributed by atoms with van der Waals surface area (Å²) >= 11 is 1.50. The maximum Gasteiger partial charge on any atom is 0.317 e. The molecule has 1 atom stereocenters. The van der Waals surface area contributed by atoms with Crippen LogP contribution in [0.4, 0.5) is 10.9 Å². The number of carboxylic acid groups (broad SMARTS) is 1. The normalized spacial score (nSPS) is 18.7. The first-order valence-electron chi connectivity index (χ1n) is 7.60. The number of carbonyl (C=O) groups is 1. The van der Waals surface area contributed by atoms with E-state index in [0.717, 1.165) is 36.6 Å². The number of nitrogens with one attached hydrogen (secondary N) is 1. The van der Waals surface area contributed by atoms with Gasteiger partial charge < -0.3 is 10.4 Å². The van der Waals surface area contributed by atoms with Gasteiger partial charge in [-0.25, -0.2) is 15.0 Å². The molecule has 0 radical (unpaired) electrons. The molecule has 3 rings (SSSR count). The van der Waals surface area contributed by atoms with E-state index in [1.165, 1.54) is 11.3 Å². The smallest absolute Gasteiger partial charge is 0.317 e. The molecule has 2 aromatic rings. The Balaban J connectivity index is 1.85. The van der Waals surface area contributed by atoms with Crippen LogP contribution in [-0.2, 0) is 4.79 Å². The van der Waals surface area contributed by atoms with Crippen LogP contribution in [0.3, 0.4) is 0 Å². The molecule has 2 aromatic heterocycles. The van der Waals surface area contributed by atoms with E-state index in [2.05, 4.69) is 20.3 Å². The Hall–Kier alpha value is -2.06. The standard InChI is InChI=1S/C15H19N5O2S/c1-10-17-11(8-13(18-10)19-15-16-5-7-23-15)12-4-2-3-6-20(12)9-14(21)22/h5,7-8,12H,2-4,6,9H2,1H3,(H,21,22)(H,16,17,18,19)/t12-/m1/s1. The van der Waals surface area contributed by atoms with Crippen LogP contribution in [0.2, 0.25) is 0 Å². The van der Waals surface area contributed by atoms with E-state index >= 15 is 0 Å². The molecular formula is C15H19N5O2S. The molecule has 0 spiro atoms. The molecule has 1 saturated heterocycles. The number of hydrogen-bond acceptors (Lipinski definition) is 7. The quantitative estimate of drug-likeness (QED) is 0.869. The highest BCUT2D eigenvalue weighted by Crippen LogP contribution is 2.31. The van der Waals surface area contributed by atoms with Crippen LogP contribution in [0.1, 0.15) is 36.8 Å². The van der Waals surface area contributed by atoms with Gasteiger partial charge in [-0.05, 0) is 26.3 Å². The lowest BCUT2D eigenvalue weighted by atomic mass is 9.99. The monoisotopic (exact) mass is 333 g/mol. The number of thiazole rings is 1. The van der Waals surface area contributed by atoms with Crippen molar-refractivity contribution in [2.24, 2.45) is 0 Å². The van der Waals surface area contributed by atoms with Gasteiger partial charge in [-0.2, -0.15) is 0 Å². The minimum atomic E-state index is -0.802. The largest absolute Gasteiger partial charge is 0.480 e. The molecule has 0 saturated carbocycles. The number of likely N-dealkylation sites (tertiary alicyclic amines) is 1. The number of nitrogens with zero attached hydrogens (tertiary/aromatic N) is 4. The molecule has 122 valence electrons. The summed E-state index contributed by atoms with van der Waals surface area (Å²) in [6, 6.07) is 1.93. The van der Waals surface area contributed by atoms with Crippen molar-refractivity contribution in [1.82, 2.24) is 19.9 Å². The van der Waals surface area contributed by atoms with Gasteiger partial charge in [-0.15, -0.1) is 11.3 Å². The second kappa shape index (κ2) is 7.01. The van der Waals surface area contributed by atoms with E-state index in [-0.39, 0.29) is 12.6 Å². The van der Waals surface area contributed by atoms with Gasteiger partial charge in [0.1, 0.15) is 11.6 Å². The maximum absolute atomic E-state index is 11.1. The molecule has 1 fully saturated rings. The maximum atomic E-state index is 11.1. The highest BCUT2D eigenvalue weighted by Gasteiger charge is 2.27. The number of rotatable bonds is 5. The molecule has 1 aliphatic heterocycles. The minimum absolute atomic E-state index is 0.0263. The topological polar surface area (TPSA) is 91.2 Å². The van der Waals surface area contributed by atoms with Crippen molar-refractivity contribution in [2.75, 3.05) is 18.4 Å². The van der Waals surface area contributed by atoms with E-state index in [9.17, 15) is 4.79 Å². The fourth-order valence-corrected chi connectivity index (χ4v) is 3.44. The van der Waals surface area contributed by atoms with Crippen LogP contribution in [0.25, 0.3) is 0 Å². The molecule has 7 nitrogen and oxygen atoms in total. The van der Waals surface area contributed by atoms with Crippen LogP contribution in [0.15, 0.2) is 17.6 Å². The lowest BCUT2D eigenvalue weighted by Gasteiger charge is -2.34. The highest BCUT2D eigenvalue weighted by molar-refractivity contribution is 7.13. The number of hydrogen-bond donors (Lipinski definition) is 2. The molecule has 3 heterocycles. The number of piperidine rings is 1. The van der Waals surface area contributed by atoms with Crippen LogP contribution in [-0.4, -0.2) is 44.0 Å². The molecule has 0 unspecified atom stereocenters. The summed E-state index contributed by atoms with van der Waals surface area (Å²) in [5.41, 5.74) is 0.873. The van der Waals surface area contributed by atoms with Gasteiger partial charge in [-0.3, -0.25) is 9.69 Å². The van der Waals surface area contributed by atoms with Gasteiger partial charge >= 0.3 is 5.97 Å². The molecule has 0 amide bonds. The van der Waals surface area contributed by atoms with Gasteiger partial charge in [-0.1, -0.05) is 6.42 Å². The summed E-state index contributed by atoms with van der Waals surface area (Å²) in [5.74, 6) is 0.564. The molecule has 23 heavy (non-hydrogen) atoms. The Morgan fingerprint density at radius 1 is 1.48 bits per heavy atom. The molecule has 0 aromatic carbocycles. The summed E-state index contributed by atoms with van der Waals surface area (Å²) < 4.78 is 0. The van der Waals surface area contributed by atoms with Crippen molar-refractivity contribution in [1.29, 1.82) is 0 Å². The van der Waals surface area contributed by atoms with Crippen molar-refractivity contribution in [3.8, 4) is 0 Å². The number of carboxylic acids is 1. The molecular weight excluding hydrogens is 314 g/mol. The van der Waals surface area contributed by atoms with E-state index in [1.54, 1.807) is 6.20 Å². The van der Waals surface area contributed by atoms with Crippen molar-refractivity contribution in [3.05, 3.63) is 29.2 Å². The lowest BCUT2D eigenvalue weighted by molar-refractivity contribution is -0.139. The number of aliphatic carboxylic acids is 1. The second-order valence-corrected chi connectivity index (χ2v) is 6.46. The van der Waals surface area contributed by atoms with Crippen LogP contribution in [0.5, 0.6) is 0 Å². The first-order chi connectivity index (χ1) is 11.1. The van der Waals surface area contributed by atoms with E-state index in [1.807, 2.05) is 23.3 Å².